The van der Waals surface area contributed by atoms with Gasteiger partial charge in [-0.3, -0.25) is 9.36 Å². The summed E-state index contributed by atoms with van der Waals surface area (Å²) in [5.74, 6) is -0.364. The average Bonchev–Trinajstić information content (AvgIpc) is 3.10. The second-order valence-electron chi connectivity index (χ2n) is 6.37. The molecule has 0 aliphatic heterocycles. The molecular weight excluding hydrogens is 319 g/mol. The van der Waals surface area contributed by atoms with Crippen LogP contribution in [-0.2, 0) is 26.9 Å². The molecule has 6 heteroatoms. The number of hydrogen-bond acceptors (Lipinski definition) is 3. The minimum absolute atomic E-state index is 0.364. The number of benzene rings is 1. The van der Waals surface area contributed by atoms with Gasteiger partial charge in [0.1, 0.15) is 5.82 Å². The van der Waals surface area contributed by atoms with Gasteiger partial charge in [0.05, 0.1) is 17.5 Å². The fraction of sp³-hybridized carbons (Fsp3) is 0.368. The highest BCUT2D eigenvalue weighted by Crippen LogP contribution is 2.31. The lowest BCUT2D eigenvalue weighted by Crippen LogP contribution is -2.01. The van der Waals surface area contributed by atoms with Gasteiger partial charge in [0.25, 0.3) is 0 Å². The largest absolute Gasteiger partial charge is 0.389 e. The maximum Gasteiger partial charge on any atom is 0.123 e. The lowest BCUT2D eigenvalue weighted by atomic mass is 9.97. The molecule has 132 valence electrons. The molecule has 1 atom stereocenters. The molecule has 0 aliphatic carbocycles. The van der Waals surface area contributed by atoms with Gasteiger partial charge in [-0.05, 0) is 43.2 Å². The SMILES string of the molecule is CCc1cc(Cc2cn(C)nc2-c2ccc(F)cc2[C@@H](C)O)n(C)n1. The van der Waals surface area contributed by atoms with Crippen LogP contribution in [0.1, 0.15) is 42.5 Å². The van der Waals surface area contributed by atoms with Crippen LogP contribution in [0.25, 0.3) is 11.3 Å². The zero-order chi connectivity index (χ0) is 18.1. The first-order chi connectivity index (χ1) is 11.9. The van der Waals surface area contributed by atoms with Crippen LogP contribution in [0.4, 0.5) is 4.39 Å². The Bertz CT molecular complexity index is 895. The summed E-state index contributed by atoms with van der Waals surface area (Å²) in [5, 5.41) is 19.1. The summed E-state index contributed by atoms with van der Waals surface area (Å²) >= 11 is 0. The molecule has 5 nitrogen and oxygen atoms in total. The standard InChI is InChI=1S/C19H23FN4O/c1-5-15-10-16(24(4)21-15)8-13-11-23(3)22-19(13)17-7-6-14(20)9-18(17)12(2)25/h6-7,9-12,25H,5,8H2,1-4H3/t12-/m1/s1. The van der Waals surface area contributed by atoms with Crippen molar-refractivity contribution in [2.45, 2.75) is 32.8 Å². The molecule has 0 saturated heterocycles. The van der Waals surface area contributed by atoms with Crippen molar-refractivity contribution in [3.63, 3.8) is 0 Å². The summed E-state index contributed by atoms with van der Waals surface area (Å²) in [6.07, 6.45) is 2.74. The first-order valence-electron chi connectivity index (χ1n) is 8.41. The molecule has 0 saturated carbocycles. The third kappa shape index (κ3) is 3.49. The van der Waals surface area contributed by atoms with Crippen LogP contribution in [0.15, 0.2) is 30.5 Å². The van der Waals surface area contributed by atoms with Gasteiger partial charge in [0.15, 0.2) is 0 Å². The lowest BCUT2D eigenvalue weighted by molar-refractivity contribution is 0.199. The summed E-state index contributed by atoms with van der Waals surface area (Å²) in [6, 6.07) is 6.55. The Morgan fingerprint density at radius 2 is 1.96 bits per heavy atom. The second kappa shape index (κ2) is 6.80. The molecule has 2 aromatic heterocycles. The minimum Gasteiger partial charge on any atom is -0.389 e. The Morgan fingerprint density at radius 3 is 2.60 bits per heavy atom. The first-order valence-corrected chi connectivity index (χ1v) is 8.41. The molecule has 3 rings (SSSR count). The van der Waals surface area contributed by atoms with Gasteiger partial charge < -0.3 is 5.11 Å². The van der Waals surface area contributed by atoms with E-state index < -0.39 is 6.10 Å². The highest BCUT2D eigenvalue weighted by Gasteiger charge is 2.18. The normalized spacial score (nSPS) is 12.6. The quantitative estimate of drug-likeness (QED) is 0.775. The molecule has 0 bridgehead atoms. The van der Waals surface area contributed by atoms with Crippen LogP contribution in [0.2, 0.25) is 0 Å². The van der Waals surface area contributed by atoms with Crippen molar-refractivity contribution < 1.29 is 9.50 Å². The third-order valence-electron chi connectivity index (χ3n) is 4.38. The molecular formula is C19H23FN4O. The number of aliphatic hydroxyl groups is 1. The number of aromatic nitrogens is 4. The predicted molar refractivity (Wildman–Crippen MR) is 94.6 cm³/mol. The van der Waals surface area contributed by atoms with Gasteiger partial charge >= 0.3 is 0 Å². The number of hydrogen-bond donors (Lipinski definition) is 1. The molecule has 25 heavy (non-hydrogen) atoms. The highest BCUT2D eigenvalue weighted by molar-refractivity contribution is 5.67. The Labute approximate surface area is 146 Å². The zero-order valence-electron chi connectivity index (χ0n) is 15.0. The Balaban J connectivity index is 2.06. The molecule has 0 spiro atoms. The fourth-order valence-corrected chi connectivity index (χ4v) is 3.09. The molecule has 3 aromatic rings. The van der Waals surface area contributed by atoms with Crippen LogP contribution in [0.3, 0.4) is 0 Å². The number of aryl methyl sites for hydroxylation is 3. The summed E-state index contributed by atoms with van der Waals surface area (Å²) in [5.41, 5.74) is 5.21. The van der Waals surface area contributed by atoms with Crippen LogP contribution < -0.4 is 0 Å². The monoisotopic (exact) mass is 342 g/mol. The number of rotatable bonds is 5. The maximum atomic E-state index is 13.6. The van der Waals surface area contributed by atoms with E-state index in [1.54, 1.807) is 17.7 Å². The molecule has 0 aliphatic rings. The summed E-state index contributed by atoms with van der Waals surface area (Å²) in [4.78, 5) is 0. The fourth-order valence-electron chi connectivity index (χ4n) is 3.09. The molecule has 1 aromatic carbocycles. The summed E-state index contributed by atoms with van der Waals surface area (Å²) in [7, 11) is 3.79. The molecule has 0 amide bonds. The lowest BCUT2D eigenvalue weighted by Gasteiger charge is -2.12. The number of halogens is 1. The van der Waals surface area contributed by atoms with Crippen molar-refractivity contribution in [1.29, 1.82) is 0 Å². The molecule has 0 radical (unpaired) electrons. The number of aliphatic hydroxyl groups excluding tert-OH is 1. The van der Waals surface area contributed by atoms with Gasteiger partial charge in [-0.15, -0.1) is 0 Å². The van der Waals surface area contributed by atoms with Crippen LogP contribution in [0.5, 0.6) is 0 Å². The van der Waals surface area contributed by atoms with Gasteiger partial charge in [-0.25, -0.2) is 4.39 Å². The summed E-state index contributed by atoms with van der Waals surface area (Å²) < 4.78 is 17.3. The van der Waals surface area contributed by atoms with Crippen molar-refractivity contribution in [2.24, 2.45) is 14.1 Å². The van der Waals surface area contributed by atoms with Crippen molar-refractivity contribution in [3.8, 4) is 11.3 Å². The molecule has 0 unspecified atom stereocenters. The molecule has 2 heterocycles. The van der Waals surface area contributed by atoms with Crippen LogP contribution in [-0.4, -0.2) is 24.7 Å². The maximum absolute atomic E-state index is 13.6. The van der Waals surface area contributed by atoms with E-state index >= 15 is 0 Å². The van der Waals surface area contributed by atoms with E-state index in [4.69, 9.17) is 0 Å². The highest BCUT2D eigenvalue weighted by atomic mass is 19.1. The average molecular weight is 342 g/mol. The van der Waals surface area contributed by atoms with E-state index in [1.807, 2.05) is 25.0 Å². The smallest absolute Gasteiger partial charge is 0.123 e. The molecule has 0 fully saturated rings. The van der Waals surface area contributed by atoms with Gasteiger partial charge in [-0.1, -0.05) is 6.92 Å². The van der Waals surface area contributed by atoms with Gasteiger partial charge in [0, 0.05) is 43.5 Å². The van der Waals surface area contributed by atoms with E-state index in [-0.39, 0.29) is 5.82 Å². The predicted octanol–water partition coefficient (Wildman–Crippen LogP) is 3.17. The van der Waals surface area contributed by atoms with Gasteiger partial charge in [0.2, 0.25) is 0 Å². The van der Waals surface area contributed by atoms with Crippen LogP contribution in [0, 0.1) is 5.82 Å². The van der Waals surface area contributed by atoms with Crippen molar-refractivity contribution in [1.82, 2.24) is 19.6 Å². The van der Waals surface area contributed by atoms with E-state index in [2.05, 4.69) is 23.2 Å². The number of nitrogens with zero attached hydrogens (tertiary/aromatic N) is 4. The van der Waals surface area contributed by atoms with E-state index in [0.29, 0.717) is 12.0 Å². The Hall–Kier alpha value is -2.47. The topological polar surface area (TPSA) is 55.9 Å². The van der Waals surface area contributed by atoms with Crippen molar-refractivity contribution in [3.05, 3.63) is 58.8 Å². The zero-order valence-corrected chi connectivity index (χ0v) is 15.0. The van der Waals surface area contributed by atoms with Crippen molar-refractivity contribution >= 4 is 0 Å². The minimum atomic E-state index is -0.774. The second-order valence-corrected chi connectivity index (χ2v) is 6.37. The summed E-state index contributed by atoms with van der Waals surface area (Å²) in [6.45, 7) is 3.71. The third-order valence-corrected chi connectivity index (χ3v) is 4.38. The molecule has 1 N–H and O–H groups in total. The Morgan fingerprint density at radius 1 is 1.20 bits per heavy atom. The Kier molecular flexibility index (Phi) is 4.72. The van der Waals surface area contributed by atoms with E-state index in [1.165, 1.54) is 12.1 Å². The van der Waals surface area contributed by atoms with Crippen molar-refractivity contribution in [2.75, 3.05) is 0 Å². The van der Waals surface area contributed by atoms with E-state index in [0.717, 1.165) is 34.6 Å². The first kappa shape index (κ1) is 17.4. The van der Waals surface area contributed by atoms with E-state index in [9.17, 15) is 9.50 Å². The van der Waals surface area contributed by atoms with Crippen LogP contribution >= 0.6 is 0 Å². The van der Waals surface area contributed by atoms with Gasteiger partial charge in [-0.2, -0.15) is 10.2 Å².